The Bertz CT molecular complexity index is 276. The van der Waals surface area contributed by atoms with E-state index >= 15 is 0 Å². The fraction of sp³-hybridized carbons (Fsp3) is 0.333. The number of hydrogen-bond donors (Lipinski definition) is 2. The van der Waals surface area contributed by atoms with Crippen LogP contribution >= 0.6 is 0 Å². The lowest BCUT2D eigenvalue weighted by Gasteiger charge is -2.02. The Labute approximate surface area is 64.4 Å². The number of aromatic nitrogens is 2. The van der Waals surface area contributed by atoms with E-state index in [0.717, 1.165) is 0 Å². The molecule has 5 heteroatoms. The van der Waals surface area contributed by atoms with Gasteiger partial charge in [-0.15, -0.1) is 0 Å². The van der Waals surface area contributed by atoms with Crippen LogP contribution in [0.5, 0.6) is 0 Å². The van der Waals surface area contributed by atoms with Gasteiger partial charge in [0.2, 0.25) is 0 Å². The lowest BCUT2D eigenvalue weighted by molar-refractivity contribution is 0.656. The van der Waals surface area contributed by atoms with Gasteiger partial charge in [-0.05, 0) is 0 Å². The summed E-state index contributed by atoms with van der Waals surface area (Å²) >= 11 is 0. The van der Waals surface area contributed by atoms with E-state index in [1.165, 1.54) is 0 Å². The first kappa shape index (κ1) is 7.74. The van der Waals surface area contributed by atoms with Crippen molar-refractivity contribution in [3.05, 3.63) is 24.1 Å². The zero-order valence-corrected chi connectivity index (χ0v) is 6.14. The number of nitrogens with zero attached hydrogens (tertiary/aromatic N) is 3. The van der Waals surface area contributed by atoms with Crippen molar-refractivity contribution in [1.82, 2.24) is 9.55 Å². The second-order valence-electron chi connectivity index (χ2n) is 2.05. The van der Waals surface area contributed by atoms with Crippen LogP contribution in [0.25, 0.3) is 0 Å². The Morgan fingerprint density at radius 3 is 3.09 bits per heavy atom. The summed E-state index contributed by atoms with van der Waals surface area (Å²) < 4.78 is 1.84. The van der Waals surface area contributed by atoms with Gasteiger partial charge in [-0.25, -0.2) is 0 Å². The van der Waals surface area contributed by atoms with Crippen LogP contribution in [0.4, 0.5) is 0 Å². The molecule has 5 nitrogen and oxygen atoms in total. The van der Waals surface area contributed by atoms with Gasteiger partial charge in [0.15, 0.2) is 5.49 Å². The summed E-state index contributed by atoms with van der Waals surface area (Å²) in [6.45, 7) is 1.27. The van der Waals surface area contributed by atoms with Crippen LogP contribution in [0.15, 0.2) is 23.7 Å². The van der Waals surface area contributed by atoms with Gasteiger partial charge in [0, 0.05) is 25.5 Å². The van der Waals surface area contributed by atoms with E-state index in [1.807, 2.05) is 4.57 Å². The second kappa shape index (κ2) is 3.72. The van der Waals surface area contributed by atoms with Crippen molar-refractivity contribution >= 4 is 0 Å². The van der Waals surface area contributed by atoms with Crippen molar-refractivity contribution in [2.45, 2.75) is 6.54 Å². The predicted octanol–water partition coefficient (Wildman–Crippen LogP) is -1.38. The van der Waals surface area contributed by atoms with Crippen LogP contribution in [-0.4, -0.2) is 16.1 Å². The monoisotopic (exact) mass is 153 g/mol. The smallest absolute Gasteiger partial charge is 0.170 e. The highest BCUT2D eigenvalue weighted by atomic mass is 15.2. The fourth-order valence-electron chi connectivity index (χ4n) is 0.815. The second-order valence-corrected chi connectivity index (χ2v) is 2.05. The molecule has 0 aromatic carbocycles. The average Bonchev–Trinajstić information content (AvgIpc) is 2.06. The maximum atomic E-state index is 5.36. The van der Waals surface area contributed by atoms with Crippen molar-refractivity contribution in [3.63, 3.8) is 0 Å². The molecule has 60 valence electrons. The molecular weight excluding hydrogens is 142 g/mol. The van der Waals surface area contributed by atoms with Gasteiger partial charge < -0.3 is 16.1 Å². The topological polar surface area (TPSA) is 82.2 Å². The normalized spacial score (nSPS) is 11.9. The van der Waals surface area contributed by atoms with E-state index in [0.29, 0.717) is 18.6 Å². The molecule has 1 aromatic heterocycles. The summed E-state index contributed by atoms with van der Waals surface area (Å²) in [5.41, 5.74) is 6.00. The molecule has 4 N–H and O–H groups in total. The molecule has 1 heterocycles. The van der Waals surface area contributed by atoms with Crippen molar-refractivity contribution in [1.29, 1.82) is 0 Å². The third-order valence-electron chi connectivity index (χ3n) is 1.32. The summed E-state index contributed by atoms with van der Waals surface area (Å²) in [7, 11) is 0. The lowest BCUT2D eigenvalue weighted by atomic mass is 10.6. The first-order chi connectivity index (χ1) is 5.38. The van der Waals surface area contributed by atoms with Crippen molar-refractivity contribution < 1.29 is 0 Å². The number of rotatable bonds is 2. The van der Waals surface area contributed by atoms with E-state index in [-0.39, 0.29) is 0 Å². The van der Waals surface area contributed by atoms with Gasteiger partial charge in [-0.2, -0.15) is 5.10 Å². The quantitative estimate of drug-likeness (QED) is 0.405. The third kappa shape index (κ3) is 1.78. The minimum absolute atomic E-state index is 0.567. The van der Waals surface area contributed by atoms with E-state index in [9.17, 15) is 0 Å². The van der Waals surface area contributed by atoms with E-state index in [1.54, 1.807) is 18.6 Å². The summed E-state index contributed by atoms with van der Waals surface area (Å²) in [6, 6.07) is 0. The maximum absolute atomic E-state index is 5.36. The molecule has 0 aliphatic rings. The van der Waals surface area contributed by atoms with Crippen LogP contribution in [0.2, 0.25) is 0 Å². The first-order valence-corrected chi connectivity index (χ1v) is 3.33. The SMILES string of the molecule is NCCn1ccnc/c1=N/N. The fourth-order valence-corrected chi connectivity index (χ4v) is 0.815. The molecule has 0 aliphatic heterocycles. The third-order valence-corrected chi connectivity index (χ3v) is 1.32. The summed E-state index contributed by atoms with van der Waals surface area (Å²) in [5.74, 6) is 5.10. The molecule has 11 heavy (non-hydrogen) atoms. The minimum Gasteiger partial charge on any atom is -0.329 e. The Morgan fingerprint density at radius 2 is 2.45 bits per heavy atom. The Balaban J connectivity index is 3.03. The average molecular weight is 153 g/mol. The molecule has 0 atom stereocenters. The maximum Gasteiger partial charge on any atom is 0.170 e. The molecule has 0 aliphatic carbocycles. The van der Waals surface area contributed by atoms with Crippen LogP contribution < -0.4 is 17.1 Å². The molecular formula is C6H11N5. The molecule has 0 radical (unpaired) electrons. The largest absolute Gasteiger partial charge is 0.329 e. The molecule has 0 saturated carbocycles. The first-order valence-electron chi connectivity index (χ1n) is 3.33. The molecule has 0 amide bonds. The highest BCUT2D eigenvalue weighted by Gasteiger charge is 1.88. The van der Waals surface area contributed by atoms with Gasteiger partial charge in [-0.1, -0.05) is 0 Å². The lowest BCUT2D eigenvalue weighted by Crippen LogP contribution is -2.25. The van der Waals surface area contributed by atoms with Crippen molar-refractivity contribution in [3.8, 4) is 0 Å². The summed E-state index contributed by atoms with van der Waals surface area (Å²) in [4.78, 5) is 3.86. The highest BCUT2D eigenvalue weighted by molar-refractivity contribution is 4.78. The highest BCUT2D eigenvalue weighted by Crippen LogP contribution is 1.75. The Morgan fingerprint density at radius 1 is 1.64 bits per heavy atom. The van der Waals surface area contributed by atoms with E-state index in [4.69, 9.17) is 11.6 Å². The zero-order chi connectivity index (χ0) is 8.10. The Hall–Kier alpha value is -1.36. The van der Waals surface area contributed by atoms with E-state index < -0.39 is 0 Å². The van der Waals surface area contributed by atoms with Crippen LogP contribution in [0.1, 0.15) is 0 Å². The van der Waals surface area contributed by atoms with Gasteiger partial charge in [-0.3, -0.25) is 4.98 Å². The van der Waals surface area contributed by atoms with Crippen LogP contribution in [-0.2, 0) is 6.54 Å². The summed E-state index contributed by atoms with van der Waals surface area (Å²) in [6.07, 6.45) is 5.05. The summed E-state index contributed by atoms with van der Waals surface area (Å²) in [5, 5.41) is 3.53. The Kier molecular flexibility index (Phi) is 2.62. The number of nitrogens with two attached hydrogens (primary N) is 2. The molecule has 1 aromatic rings. The zero-order valence-electron chi connectivity index (χ0n) is 6.14. The molecule has 1 rings (SSSR count). The van der Waals surface area contributed by atoms with Gasteiger partial charge in [0.1, 0.15) is 0 Å². The number of hydrogen-bond acceptors (Lipinski definition) is 4. The van der Waals surface area contributed by atoms with Gasteiger partial charge >= 0.3 is 0 Å². The van der Waals surface area contributed by atoms with Crippen molar-refractivity contribution in [2.24, 2.45) is 16.7 Å². The van der Waals surface area contributed by atoms with Crippen molar-refractivity contribution in [2.75, 3.05) is 6.54 Å². The minimum atomic E-state index is 0.567. The standard InChI is InChI=1S/C6H11N5/c7-1-3-11-4-2-9-5-6(11)10-8/h2,4-5H,1,3,7-8H2/b10-6-. The van der Waals surface area contributed by atoms with Crippen LogP contribution in [0.3, 0.4) is 0 Å². The molecule has 0 fully saturated rings. The van der Waals surface area contributed by atoms with Gasteiger partial charge in [0.25, 0.3) is 0 Å². The van der Waals surface area contributed by atoms with Gasteiger partial charge in [0.05, 0.1) is 6.20 Å². The molecule has 0 saturated heterocycles. The predicted molar refractivity (Wildman–Crippen MR) is 41.0 cm³/mol. The molecule has 0 unspecified atom stereocenters. The molecule has 0 bridgehead atoms. The molecule has 0 spiro atoms. The van der Waals surface area contributed by atoms with Crippen LogP contribution in [0, 0.1) is 0 Å². The van der Waals surface area contributed by atoms with E-state index in [2.05, 4.69) is 10.1 Å².